The molecule has 240 valence electrons. The van der Waals surface area contributed by atoms with Crippen molar-refractivity contribution in [1.29, 1.82) is 0 Å². The molecule has 0 fully saturated rings. The summed E-state index contributed by atoms with van der Waals surface area (Å²) in [7, 11) is 0. The molecule has 8 aromatic rings. The standard InChI is InChI=1S/C47H36N2O/c1-46(2)38-18-10-8-15-32(38)36-27-30(21-24-40(36)46)49(31-22-25-41-37(28-31)33-16-9-11-19-39(33)47(41,3)4)43-20-12-17-35-34(43)23-26-42-44(35)50-45(48-42)29-13-6-5-7-14-29/h5-28H,1-4H3. The van der Waals surface area contributed by atoms with Gasteiger partial charge in [0.05, 0.1) is 5.69 Å². The highest BCUT2D eigenvalue weighted by Gasteiger charge is 2.37. The van der Waals surface area contributed by atoms with Crippen molar-refractivity contribution >= 4 is 38.9 Å². The number of benzene rings is 7. The van der Waals surface area contributed by atoms with Crippen LogP contribution in [0.3, 0.4) is 0 Å². The first-order valence-electron chi connectivity index (χ1n) is 17.5. The topological polar surface area (TPSA) is 29.3 Å². The third kappa shape index (κ3) is 4.01. The molecular weight excluding hydrogens is 609 g/mol. The van der Waals surface area contributed by atoms with Gasteiger partial charge in [0.1, 0.15) is 5.52 Å². The molecule has 50 heavy (non-hydrogen) atoms. The lowest BCUT2D eigenvalue weighted by molar-refractivity contribution is 0.623. The molecule has 0 saturated carbocycles. The van der Waals surface area contributed by atoms with E-state index in [0.29, 0.717) is 5.89 Å². The monoisotopic (exact) mass is 644 g/mol. The first-order valence-corrected chi connectivity index (χ1v) is 17.5. The van der Waals surface area contributed by atoms with E-state index in [1.54, 1.807) is 0 Å². The molecule has 1 aromatic heterocycles. The molecule has 0 bridgehead atoms. The molecule has 3 nitrogen and oxygen atoms in total. The third-order valence-corrected chi connectivity index (χ3v) is 11.3. The number of aromatic nitrogens is 1. The van der Waals surface area contributed by atoms with E-state index in [-0.39, 0.29) is 10.8 Å². The summed E-state index contributed by atoms with van der Waals surface area (Å²) >= 11 is 0. The molecule has 0 N–H and O–H groups in total. The Morgan fingerprint density at radius 1 is 0.480 bits per heavy atom. The van der Waals surface area contributed by atoms with Gasteiger partial charge in [0.15, 0.2) is 5.58 Å². The number of hydrogen-bond donors (Lipinski definition) is 0. The van der Waals surface area contributed by atoms with Gasteiger partial charge in [0.2, 0.25) is 5.89 Å². The van der Waals surface area contributed by atoms with E-state index in [1.165, 1.54) is 44.5 Å². The van der Waals surface area contributed by atoms with Crippen LogP contribution < -0.4 is 4.90 Å². The van der Waals surface area contributed by atoms with Crippen molar-refractivity contribution in [2.24, 2.45) is 0 Å². The van der Waals surface area contributed by atoms with Crippen LogP contribution >= 0.6 is 0 Å². The van der Waals surface area contributed by atoms with Crippen molar-refractivity contribution in [1.82, 2.24) is 4.98 Å². The summed E-state index contributed by atoms with van der Waals surface area (Å²) in [5.41, 5.74) is 16.5. The van der Waals surface area contributed by atoms with E-state index in [4.69, 9.17) is 9.40 Å². The molecule has 0 unspecified atom stereocenters. The molecule has 0 radical (unpaired) electrons. The number of hydrogen-bond acceptors (Lipinski definition) is 3. The molecular formula is C47H36N2O. The second-order valence-corrected chi connectivity index (χ2v) is 14.8. The van der Waals surface area contributed by atoms with Crippen LogP contribution in [-0.4, -0.2) is 4.98 Å². The van der Waals surface area contributed by atoms with Crippen molar-refractivity contribution in [3.05, 3.63) is 168 Å². The predicted octanol–water partition coefficient (Wildman–Crippen LogP) is 12.7. The summed E-state index contributed by atoms with van der Waals surface area (Å²) in [6.07, 6.45) is 0. The zero-order chi connectivity index (χ0) is 33.8. The molecule has 7 aromatic carbocycles. The van der Waals surface area contributed by atoms with E-state index in [0.717, 1.165) is 44.5 Å². The van der Waals surface area contributed by atoms with Crippen LogP contribution in [0.25, 0.3) is 55.6 Å². The van der Waals surface area contributed by atoms with Crippen molar-refractivity contribution in [3.8, 4) is 33.7 Å². The van der Waals surface area contributed by atoms with Crippen LogP contribution in [0, 0.1) is 0 Å². The van der Waals surface area contributed by atoms with Crippen molar-refractivity contribution in [2.45, 2.75) is 38.5 Å². The van der Waals surface area contributed by atoms with Crippen LogP contribution in [0.4, 0.5) is 17.1 Å². The molecule has 2 aliphatic rings. The molecule has 3 heteroatoms. The SMILES string of the molecule is CC1(C)c2ccccc2-c2cc(N(c3ccc4c(c3)-c3ccccc3C4(C)C)c3cccc4c3ccc3nc(-c5ccccc5)oc34)ccc21. The van der Waals surface area contributed by atoms with E-state index >= 15 is 0 Å². The maximum Gasteiger partial charge on any atom is 0.227 e. The summed E-state index contributed by atoms with van der Waals surface area (Å²) in [5, 5.41) is 2.15. The van der Waals surface area contributed by atoms with E-state index in [1.807, 2.05) is 30.3 Å². The van der Waals surface area contributed by atoms with E-state index < -0.39 is 0 Å². The largest absolute Gasteiger partial charge is 0.435 e. The summed E-state index contributed by atoms with van der Waals surface area (Å²) < 4.78 is 6.53. The van der Waals surface area contributed by atoms with Gasteiger partial charge in [-0.1, -0.05) is 119 Å². The lowest BCUT2D eigenvalue weighted by Crippen LogP contribution is -2.16. The maximum atomic E-state index is 6.53. The molecule has 10 rings (SSSR count). The van der Waals surface area contributed by atoms with Crippen molar-refractivity contribution < 1.29 is 4.42 Å². The Balaban J connectivity index is 1.22. The summed E-state index contributed by atoms with van der Waals surface area (Å²) in [6.45, 7) is 9.36. The fraction of sp³-hybridized carbons (Fsp3) is 0.128. The van der Waals surface area contributed by atoms with Gasteiger partial charge in [-0.15, -0.1) is 0 Å². The smallest absolute Gasteiger partial charge is 0.227 e. The number of anilines is 3. The predicted molar refractivity (Wildman–Crippen MR) is 207 cm³/mol. The van der Waals surface area contributed by atoms with Gasteiger partial charge < -0.3 is 9.32 Å². The van der Waals surface area contributed by atoms with Gasteiger partial charge in [0, 0.05) is 38.5 Å². The maximum absolute atomic E-state index is 6.53. The Hall–Kier alpha value is -5.93. The molecule has 0 spiro atoms. The zero-order valence-electron chi connectivity index (χ0n) is 28.7. The highest BCUT2D eigenvalue weighted by molar-refractivity contribution is 6.10. The van der Waals surface area contributed by atoms with Crippen molar-refractivity contribution in [2.75, 3.05) is 4.90 Å². The Labute approximate surface area is 292 Å². The Morgan fingerprint density at radius 2 is 1.04 bits per heavy atom. The number of rotatable bonds is 4. The molecule has 0 aliphatic heterocycles. The first kappa shape index (κ1) is 29.0. The fourth-order valence-corrected chi connectivity index (χ4v) is 8.75. The second-order valence-electron chi connectivity index (χ2n) is 14.8. The van der Waals surface area contributed by atoms with Crippen LogP contribution in [0.1, 0.15) is 49.9 Å². The molecule has 2 aliphatic carbocycles. The van der Waals surface area contributed by atoms with Gasteiger partial charge in [-0.25, -0.2) is 4.98 Å². The van der Waals surface area contributed by atoms with E-state index in [9.17, 15) is 0 Å². The molecule has 0 saturated heterocycles. The van der Waals surface area contributed by atoms with Gasteiger partial charge in [-0.2, -0.15) is 0 Å². The van der Waals surface area contributed by atoms with Crippen LogP contribution in [0.15, 0.2) is 150 Å². The minimum atomic E-state index is -0.0635. The normalized spacial score (nSPS) is 14.7. The molecule has 0 amide bonds. The minimum Gasteiger partial charge on any atom is -0.435 e. The Bertz CT molecular complexity index is 2550. The van der Waals surface area contributed by atoms with E-state index in [2.05, 4.69) is 148 Å². The van der Waals surface area contributed by atoms with Crippen LogP contribution in [0.2, 0.25) is 0 Å². The van der Waals surface area contributed by atoms with Gasteiger partial charge in [-0.05, 0) is 99.1 Å². The molecule has 1 heterocycles. The highest BCUT2D eigenvalue weighted by Crippen LogP contribution is 2.53. The minimum absolute atomic E-state index is 0.0635. The summed E-state index contributed by atoms with van der Waals surface area (Å²) in [4.78, 5) is 7.33. The average Bonchev–Trinajstić information content (AvgIpc) is 3.76. The quantitative estimate of drug-likeness (QED) is 0.191. The van der Waals surface area contributed by atoms with Gasteiger partial charge >= 0.3 is 0 Å². The van der Waals surface area contributed by atoms with Gasteiger partial charge in [0.25, 0.3) is 0 Å². The highest BCUT2D eigenvalue weighted by atomic mass is 16.3. The zero-order valence-corrected chi connectivity index (χ0v) is 28.7. The summed E-state index contributed by atoms with van der Waals surface area (Å²) in [5.74, 6) is 0.634. The van der Waals surface area contributed by atoms with Crippen molar-refractivity contribution in [3.63, 3.8) is 0 Å². The fourth-order valence-electron chi connectivity index (χ4n) is 8.75. The lowest BCUT2D eigenvalue weighted by atomic mass is 9.82. The van der Waals surface area contributed by atoms with Gasteiger partial charge in [-0.3, -0.25) is 0 Å². The van der Waals surface area contributed by atoms with Crippen LogP contribution in [0.5, 0.6) is 0 Å². The molecule has 0 atom stereocenters. The number of oxazole rings is 1. The third-order valence-electron chi connectivity index (χ3n) is 11.3. The Kier molecular flexibility index (Phi) is 5.97. The van der Waals surface area contributed by atoms with Crippen LogP contribution in [-0.2, 0) is 10.8 Å². The number of fused-ring (bicyclic) bond motifs is 9. The summed E-state index contributed by atoms with van der Waals surface area (Å²) in [6, 6.07) is 52.8. The lowest BCUT2D eigenvalue weighted by Gasteiger charge is -2.29. The average molecular weight is 645 g/mol. The Morgan fingerprint density at radius 3 is 1.66 bits per heavy atom. The second kappa shape index (κ2) is 10.3. The number of nitrogens with zero attached hydrogens (tertiary/aromatic N) is 2. The first-order chi connectivity index (χ1) is 24.3.